The summed E-state index contributed by atoms with van der Waals surface area (Å²) in [5.41, 5.74) is -0.312. The highest BCUT2D eigenvalue weighted by molar-refractivity contribution is 5.78. The molecule has 0 N–H and O–H groups in total. The lowest BCUT2D eigenvalue weighted by Gasteiger charge is -2.41. The average Bonchev–Trinajstić information content (AvgIpc) is 3.59. The third kappa shape index (κ3) is 12.9. The van der Waals surface area contributed by atoms with E-state index >= 15 is 0 Å². The van der Waals surface area contributed by atoms with Crippen molar-refractivity contribution >= 4 is 17.9 Å². The highest BCUT2D eigenvalue weighted by Crippen LogP contribution is 2.65. The molecule has 2 saturated heterocycles. The number of nitrogens with zero attached hydrogens (tertiary/aromatic N) is 2. The molecule has 8 nitrogen and oxygen atoms in total. The van der Waals surface area contributed by atoms with Gasteiger partial charge in [-0.25, -0.2) is 0 Å². The second-order valence-electron chi connectivity index (χ2n) is 17.4. The van der Waals surface area contributed by atoms with Gasteiger partial charge in [-0.2, -0.15) is 0 Å². The smallest absolute Gasteiger partial charge is 0.312 e. The zero-order chi connectivity index (χ0) is 37.3. The fraction of sp³-hybridized carbons (Fsp3) is 0.844. The maximum Gasteiger partial charge on any atom is 0.312 e. The van der Waals surface area contributed by atoms with Crippen LogP contribution >= 0.6 is 0 Å². The van der Waals surface area contributed by atoms with E-state index in [1.165, 1.54) is 70.9 Å². The normalized spacial score (nSPS) is 27.2. The highest BCUT2D eigenvalue weighted by Gasteiger charge is 2.62. The van der Waals surface area contributed by atoms with Gasteiger partial charge in [0.2, 0.25) is 0 Å². The number of hydrogen-bond donors (Lipinski definition) is 0. The van der Waals surface area contributed by atoms with Crippen molar-refractivity contribution in [1.29, 1.82) is 0 Å². The number of unbranched alkanes of at least 4 members (excludes halogenated alkanes) is 8. The van der Waals surface area contributed by atoms with E-state index in [2.05, 4.69) is 48.0 Å². The number of rotatable bonds is 24. The zero-order valence-corrected chi connectivity index (χ0v) is 33.6. The molecule has 300 valence electrons. The van der Waals surface area contributed by atoms with Crippen molar-refractivity contribution in [1.82, 2.24) is 9.80 Å². The fourth-order valence-electron chi connectivity index (χ4n) is 10.4. The Morgan fingerprint density at radius 2 is 1.32 bits per heavy atom. The number of hydrogen-bond acceptors (Lipinski definition) is 8. The molecule has 4 bridgehead atoms. The first-order valence-corrected chi connectivity index (χ1v) is 22.2. The minimum atomic E-state index is -0.354. The van der Waals surface area contributed by atoms with Gasteiger partial charge in [-0.1, -0.05) is 70.3 Å². The fourth-order valence-corrected chi connectivity index (χ4v) is 10.4. The van der Waals surface area contributed by atoms with Crippen LogP contribution in [0.15, 0.2) is 24.3 Å². The van der Waals surface area contributed by atoms with Crippen molar-refractivity contribution < 1.29 is 28.6 Å². The van der Waals surface area contributed by atoms with Crippen molar-refractivity contribution in [3.05, 3.63) is 24.3 Å². The summed E-state index contributed by atoms with van der Waals surface area (Å²) >= 11 is 0. The maximum absolute atomic E-state index is 13.6. The van der Waals surface area contributed by atoms with Crippen molar-refractivity contribution in [3.63, 3.8) is 0 Å². The Kier molecular flexibility index (Phi) is 17.7. The molecule has 6 rings (SSSR count). The van der Waals surface area contributed by atoms with Crippen LogP contribution < -0.4 is 0 Å². The molecule has 2 heterocycles. The monoisotopic (exact) mass is 739 g/mol. The summed E-state index contributed by atoms with van der Waals surface area (Å²) in [6.45, 7) is 10.2. The molecule has 0 amide bonds. The molecule has 6 fully saturated rings. The molecule has 0 aromatic heterocycles. The predicted octanol–water partition coefficient (Wildman–Crippen LogP) is 9.07. The van der Waals surface area contributed by atoms with Gasteiger partial charge in [0.05, 0.1) is 17.3 Å². The molecule has 8 heteroatoms. The van der Waals surface area contributed by atoms with Gasteiger partial charge < -0.3 is 24.0 Å². The molecule has 2 aliphatic heterocycles. The summed E-state index contributed by atoms with van der Waals surface area (Å²) < 4.78 is 17.6. The molecule has 0 aromatic rings. The molecule has 0 radical (unpaired) electrons. The largest absolute Gasteiger partial charge is 0.465 e. The first kappa shape index (κ1) is 42.0. The zero-order valence-electron chi connectivity index (χ0n) is 33.6. The van der Waals surface area contributed by atoms with Crippen molar-refractivity contribution in [2.24, 2.45) is 35.0 Å². The molecule has 4 saturated carbocycles. The molecule has 4 aliphatic carbocycles. The Bertz CT molecular complexity index is 1160. The summed E-state index contributed by atoms with van der Waals surface area (Å²) in [6.07, 6.45) is 31.6. The van der Waals surface area contributed by atoms with Gasteiger partial charge in [-0.05, 0) is 147 Å². The van der Waals surface area contributed by atoms with Gasteiger partial charge >= 0.3 is 17.9 Å². The lowest BCUT2D eigenvalue weighted by atomic mass is 9.75. The van der Waals surface area contributed by atoms with Crippen molar-refractivity contribution in [3.8, 4) is 0 Å². The first-order chi connectivity index (χ1) is 25.9. The van der Waals surface area contributed by atoms with E-state index in [0.717, 1.165) is 90.3 Å². The minimum Gasteiger partial charge on any atom is -0.465 e. The average molecular weight is 739 g/mol. The van der Waals surface area contributed by atoms with E-state index in [9.17, 15) is 14.4 Å². The first-order valence-electron chi connectivity index (χ1n) is 22.2. The van der Waals surface area contributed by atoms with E-state index in [-0.39, 0.29) is 55.0 Å². The third-order valence-corrected chi connectivity index (χ3v) is 13.5. The van der Waals surface area contributed by atoms with Crippen LogP contribution in [-0.4, -0.2) is 86.3 Å². The summed E-state index contributed by atoms with van der Waals surface area (Å²) in [5, 5.41) is 0. The number of ether oxygens (including phenoxy) is 3. The number of carbonyl (C=O) groups excluding carboxylic acids is 3. The molecular weight excluding hydrogens is 665 g/mol. The number of allylic oxidation sites excluding steroid dienone is 4. The molecule has 3 atom stereocenters. The van der Waals surface area contributed by atoms with Crippen LogP contribution in [0.3, 0.4) is 0 Å². The van der Waals surface area contributed by atoms with Crippen LogP contribution in [0, 0.1) is 35.0 Å². The van der Waals surface area contributed by atoms with E-state index in [1.807, 2.05) is 0 Å². The van der Waals surface area contributed by atoms with Crippen molar-refractivity contribution in [2.75, 3.05) is 52.5 Å². The SMILES string of the molecule is CCCCC/C=C\C/C=C\CCCCCCCC(=O)OCC(COC(=O)C1CCN(C2CCN(CC)CC2)CC1)COC(=O)[C@]12CC3CC(C[C@H]1C3)C2. The Hall–Kier alpha value is -2.19. The summed E-state index contributed by atoms with van der Waals surface area (Å²) in [7, 11) is 0. The Morgan fingerprint density at radius 3 is 2.00 bits per heavy atom. The van der Waals surface area contributed by atoms with E-state index in [0.29, 0.717) is 30.2 Å². The second-order valence-corrected chi connectivity index (χ2v) is 17.4. The number of piperidine rings is 2. The quantitative estimate of drug-likeness (QED) is 0.0420. The molecule has 53 heavy (non-hydrogen) atoms. The Balaban J connectivity index is 0.982. The van der Waals surface area contributed by atoms with Crippen LogP contribution in [0.2, 0.25) is 0 Å². The van der Waals surface area contributed by atoms with Crippen molar-refractivity contribution in [2.45, 2.75) is 155 Å². The van der Waals surface area contributed by atoms with Crippen LogP contribution in [0.4, 0.5) is 0 Å². The number of carbonyl (C=O) groups is 3. The Labute approximate surface area is 322 Å². The summed E-state index contributed by atoms with van der Waals surface area (Å²) in [5.74, 6) is 0.884. The van der Waals surface area contributed by atoms with Gasteiger partial charge in [0.15, 0.2) is 0 Å². The van der Waals surface area contributed by atoms with Crippen LogP contribution in [0.5, 0.6) is 0 Å². The lowest BCUT2D eigenvalue weighted by Crippen LogP contribution is -2.48. The van der Waals surface area contributed by atoms with Gasteiger partial charge in [0.1, 0.15) is 19.8 Å². The Morgan fingerprint density at radius 1 is 0.698 bits per heavy atom. The molecule has 6 aliphatic rings. The maximum atomic E-state index is 13.6. The molecule has 0 spiro atoms. The lowest BCUT2D eigenvalue weighted by molar-refractivity contribution is -0.163. The van der Waals surface area contributed by atoms with E-state index in [1.54, 1.807) is 0 Å². The van der Waals surface area contributed by atoms with E-state index < -0.39 is 0 Å². The molecule has 0 aromatic carbocycles. The van der Waals surface area contributed by atoms with Crippen LogP contribution in [0.25, 0.3) is 0 Å². The van der Waals surface area contributed by atoms with Crippen LogP contribution in [0.1, 0.15) is 149 Å². The van der Waals surface area contributed by atoms with Gasteiger partial charge in [-0.15, -0.1) is 0 Å². The number of esters is 3. The topological polar surface area (TPSA) is 85.4 Å². The second kappa shape index (κ2) is 22.4. The van der Waals surface area contributed by atoms with Crippen LogP contribution in [-0.2, 0) is 28.6 Å². The van der Waals surface area contributed by atoms with E-state index in [4.69, 9.17) is 14.2 Å². The molecular formula is C45H74N2O6. The summed E-state index contributed by atoms with van der Waals surface area (Å²) in [6, 6.07) is 0.623. The van der Waals surface area contributed by atoms with Gasteiger partial charge in [-0.3, -0.25) is 14.4 Å². The summed E-state index contributed by atoms with van der Waals surface area (Å²) in [4.78, 5) is 44.6. The molecule has 3 unspecified atom stereocenters. The number of likely N-dealkylation sites (tertiary alicyclic amines) is 2. The van der Waals surface area contributed by atoms with Gasteiger partial charge in [0.25, 0.3) is 0 Å². The standard InChI is InChI=1S/C45H74N2O6/c1-3-5-6-7-8-9-10-11-12-13-14-15-16-17-18-19-42(48)51-33-38(35-53-44(50)45-31-36-28-37(32-45)30-40(45)29-36)34-52-43(49)39-20-26-47(27-21-39)41-22-24-46(4-2)25-23-41/h8-9,11-12,36-41H,3-7,10,13-35H2,1-2H3/b9-8-,12-11-/t36?,37?,38?,40-,45+. The predicted molar refractivity (Wildman–Crippen MR) is 211 cm³/mol. The third-order valence-electron chi connectivity index (χ3n) is 13.5. The minimum absolute atomic E-state index is 0.0721. The highest BCUT2D eigenvalue weighted by atomic mass is 16.6. The van der Waals surface area contributed by atoms with Gasteiger partial charge in [0, 0.05) is 12.5 Å².